The molecule has 1 aliphatic heterocycles. The van der Waals surface area contributed by atoms with Gasteiger partial charge in [-0.15, -0.1) is 0 Å². The molecule has 0 fully saturated rings. The molecule has 2 atom stereocenters. The van der Waals surface area contributed by atoms with Gasteiger partial charge in [0, 0.05) is 17.7 Å². The predicted octanol–water partition coefficient (Wildman–Crippen LogP) is 3.00. The summed E-state index contributed by atoms with van der Waals surface area (Å²) < 4.78 is 0. The Balaban J connectivity index is 1.83. The van der Waals surface area contributed by atoms with Crippen molar-refractivity contribution in [2.24, 2.45) is 5.73 Å². The van der Waals surface area contributed by atoms with E-state index in [0.717, 1.165) is 22.4 Å². The van der Waals surface area contributed by atoms with Gasteiger partial charge in [-0.2, -0.15) is 0 Å². The molecule has 4 N–H and O–H groups in total. The molecule has 7 nitrogen and oxygen atoms in total. The third-order valence-corrected chi connectivity index (χ3v) is 6.04. The fraction of sp³-hybridized carbons (Fsp3) is 0.192. The summed E-state index contributed by atoms with van der Waals surface area (Å²) in [7, 11) is 0. The van der Waals surface area contributed by atoms with E-state index in [2.05, 4.69) is 17.6 Å². The van der Waals surface area contributed by atoms with Gasteiger partial charge in [0.2, 0.25) is 12.3 Å². The second-order valence-electron chi connectivity index (χ2n) is 8.06. The minimum Gasteiger partial charge on any atom is -0.384 e. The van der Waals surface area contributed by atoms with Gasteiger partial charge in [0.15, 0.2) is 0 Å². The summed E-state index contributed by atoms with van der Waals surface area (Å²) in [6.07, 6.45) is 1.29. The zero-order chi connectivity index (χ0) is 23.4. The maximum atomic E-state index is 13.8. The van der Waals surface area contributed by atoms with E-state index in [0.29, 0.717) is 24.9 Å². The zero-order valence-corrected chi connectivity index (χ0v) is 18.4. The highest BCUT2D eigenvalue weighted by molar-refractivity contribution is 5.95. The molecule has 0 saturated heterocycles. The first-order chi connectivity index (χ1) is 16.0. The monoisotopic (exact) mass is 441 g/mol. The lowest BCUT2D eigenvalue weighted by Crippen LogP contribution is -2.51. The second-order valence-corrected chi connectivity index (χ2v) is 8.06. The Kier molecular flexibility index (Phi) is 6.40. The molecule has 0 aliphatic carbocycles. The fourth-order valence-electron chi connectivity index (χ4n) is 4.37. The number of rotatable bonds is 7. The van der Waals surface area contributed by atoms with Gasteiger partial charge in [0.25, 0.3) is 0 Å². The number of fused-ring (bicyclic) bond motifs is 1. The van der Waals surface area contributed by atoms with E-state index >= 15 is 0 Å². The van der Waals surface area contributed by atoms with Crippen molar-refractivity contribution in [1.29, 1.82) is 5.41 Å². The maximum absolute atomic E-state index is 13.8. The van der Waals surface area contributed by atoms with Gasteiger partial charge in [0.05, 0.1) is 11.7 Å². The van der Waals surface area contributed by atoms with Gasteiger partial charge in [-0.05, 0) is 30.5 Å². The number of benzene rings is 3. The van der Waals surface area contributed by atoms with Crippen LogP contribution in [-0.4, -0.2) is 35.6 Å². The molecule has 3 aromatic carbocycles. The van der Waals surface area contributed by atoms with Crippen LogP contribution >= 0.6 is 0 Å². The Morgan fingerprint density at radius 2 is 1.70 bits per heavy atom. The van der Waals surface area contributed by atoms with Gasteiger partial charge in [-0.3, -0.25) is 25.4 Å². The molecule has 4 rings (SSSR count). The van der Waals surface area contributed by atoms with Crippen molar-refractivity contribution in [2.45, 2.75) is 25.4 Å². The molecule has 0 spiro atoms. The number of nitrogens with one attached hydrogen (secondary N) is 2. The van der Waals surface area contributed by atoms with Crippen molar-refractivity contribution < 1.29 is 9.59 Å². The van der Waals surface area contributed by atoms with Crippen LogP contribution in [0, 0.1) is 5.41 Å². The number of nitrogens with two attached hydrogens (primary N) is 1. The lowest BCUT2D eigenvalue weighted by Gasteiger charge is -2.32. The van der Waals surface area contributed by atoms with E-state index < -0.39 is 6.04 Å². The maximum Gasteiger partial charge on any atom is 0.247 e. The molecule has 168 valence electrons. The van der Waals surface area contributed by atoms with Gasteiger partial charge in [-0.1, -0.05) is 72.8 Å². The van der Waals surface area contributed by atoms with E-state index in [9.17, 15) is 9.59 Å². The molecule has 0 radical (unpaired) electrons. The van der Waals surface area contributed by atoms with Crippen molar-refractivity contribution in [3.63, 3.8) is 0 Å². The van der Waals surface area contributed by atoms with Crippen LogP contribution in [-0.2, 0) is 16.0 Å². The molecule has 0 bridgehead atoms. The number of nitrogens with zero attached hydrogens (tertiary/aromatic N) is 2. The third kappa shape index (κ3) is 4.43. The van der Waals surface area contributed by atoms with E-state index in [1.807, 2.05) is 59.5 Å². The number of amides is 2. The van der Waals surface area contributed by atoms with Gasteiger partial charge < -0.3 is 10.6 Å². The summed E-state index contributed by atoms with van der Waals surface area (Å²) in [6.45, 7) is 2.31. The smallest absolute Gasteiger partial charge is 0.247 e. The lowest BCUT2D eigenvalue weighted by molar-refractivity contribution is -0.133. The molecule has 2 unspecified atom stereocenters. The summed E-state index contributed by atoms with van der Waals surface area (Å²) in [5, 5.41) is 9.33. The molecule has 1 aliphatic rings. The van der Waals surface area contributed by atoms with Gasteiger partial charge >= 0.3 is 0 Å². The number of para-hydroxylation sites is 1. The topological polar surface area (TPSA) is 103 Å². The molecular formula is C26H27N5O2. The number of hydrogen-bond donors (Lipinski definition) is 3. The Hall–Kier alpha value is -4.13. The first-order valence-corrected chi connectivity index (χ1v) is 10.9. The van der Waals surface area contributed by atoms with Gasteiger partial charge in [0.1, 0.15) is 11.9 Å². The van der Waals surface area contributed by atoms with Crippen molar-refractivity contribution in [1.82, 2.24) is 10.3 Å². The minimum absolute atomic E-state index is 0.00481. The van der Waals surface area contributed by atoms with Crippen LogP contribution in [0.4, 0.5) is 5.69 Å². The summed E-state index contributed by atoms with van der Waals surface area (Å²) >= 11 is 0. The second kappa shape index (κ2) is 9.56. The standard InChI is InChI=1S/C26H27N5O2/c1-18-26(33)30(16-15-19-7-3-2-4-8-19)24(20-11-13-21(14-12-20)25(27)28)22-9-5-6-10-23(22)31(18)29-17-32/h2-14,17-18,24H,15-16H2,1H3,(H3,27,28)(H,29,32). The van der Waals surface area contributed by atoms with Crippen LogP contribution in [0.3, 0.4) is 0 Å². The van der Waals surface area contributed by atoms with Crippen LogP contribution in [0.5, 0.6) is 0 Å². The lowest BCUT2D eigenvalue weighted by atomic mass is 9.94. The number of amidine groups is 1. The summed E-state index contributed by atoms with van der Waals surface area (Å²) in [6, 6.07) is 24.3. The summed E-state index contributed by atoms with van der Waals surface area (Å²) in [4.78, 5) is 27.0. The highest BCUT2D eigenvalue weighted by atomic mass is 16.2. The third-order valence-electron chi connectivity index (χ3n) is 6.04. The first kappa shape index (κ1) is 22.1. The van der Waals surface area contributed by atoms with Crippen LogP contribution < -0.4 is 16.2 Å². The molecule has 3 aromatic rings. The Labute approximate surface area is 193 Å². The number of nitrogen functional groups attached to an aromatic ring is 1. The highest BCUT2D eigenvalue weighted by Crippen LogP contribution is 2.39. The quantitative estimate of drug-likeness (QED) is 0.298. The number of anilines is 1. The van der Waals surface area contributed by atoms with Crippen molar-refractivity contribution in [2.75, 3.05) is 11.6 Å². The molecule has 0 saturated carbocycles. The van der Waals surface area contributed by atoms with E-state index in [1.54, 1.807) is 24.1 Å². The fourth-order valence-corrected chi connectivity index (χ4v) is 4.37. The average Bonchev–Trinajstić information content (AvgIpc) is 2.93. The number of carbonyl (C=O) groups is 2. The Morgan fingerprint density at radius 1 is 1.03 bits per heavy atom. The van der Waals surface area contributed by atoms with Crippen LogP contribution in [0.2, 0.25) is 0 Å². The number of hydrazine groups is 1. The molecular weight excluding hydrogens is 414 g/mol. The zero-order valence-electron chi connectivity index (χ0n) is 18.4. The van der Waals surface area contributed by atoms with Crippen molar-refractivity contribution >= 4 is 23.8 Å². The van der Waals surface area contributed by atoms with Crippen LogP contribution in [0.1, 0.15) is 35.2 Å². The van der Waals surface area contributed by atoms with Crippen LogP contribution in [0.15, 0.2) is 78.9 Å². The highest BCUT2D eigenvalue weighted by Gasteiger charge is 2.38. The Morgan fingerprint density at radius 3 is 2.36 bits per heavy atom. The van der Waals surface area contributed by atoms with Gasteiger partial charge in [-0.25, -0.2) is 0 Å². The van der Waals surface area contributed by atoms with Crippen molar-refractivity contribution in [3.8, 4) is 0 Å². The molecule has 0 aromatic heterocycles. The van der Waals surface area contributed by atoms with E-state index in [-0.39, 0.29) is 17.8 Å². The SMILES string of the molecule is CC1C(=O)N(CCc2ccccc2)C(c2ccc(C(=N)N)cc2)c2ccccc2N1NC=O. The van der Waals surface area contributed by atoms with Crippen LogP contribution in [0.25, 0.3) is 0 Å². The number of hydrogen-bond acceptors (Lipinski definition) is 4. The first-order valence-electron chi connectivity index (χ1n) is 10.9. The minimum atomic E-state index is -0.589. The van der Waals surface area contributed by atoms with E-state index in [1.165, 1.54) is 0 Å². The predicted molar refractivity (Wildman–Crippen MR) is 129 cm³/mol. The molecule has 33 heavy (non-hydrogen) atoms. The number of carbonyl (C=O) groups excluding carboxylic acids is 2. The summed E-state index contributed by atoms with van der Waals surface area (Å²) in [5.41, 5.74) is 12.7. The average molecular weight is 442 g/mol. The Bertz CT molecular complexity index is 1150. The summed E-state index contributed by atoms with van der Waals surface area (Å²) in [5.74, 6) is -0.0908. The van der Waals surface area contributed by atoms with E-state index in [4.69, 9.17) is 11.1 Å². The van der Waals surface area contributed by atoms with Crippen molar-refractivity contribution in [3.05, 3.63) is 101 Å². The molecule has 7 heteroatoms. The largest absolute Gasteiger partial charge is 0.384 e. The molecule has 2 amide bonds. The normalized spacial score (nSPS) is 17.8. The molecule has 1 heterocycles.